The summed E-state index contributed by atoms with van der Waals surface area (Å²) in [5.41, 5.74) is 0.394. The maximum absolute atomic E-state index is 12.2. The average molecular weight is 384 g/mol. The van der Waals surface area contributed by atoms with Crippen molar-refractivity contribution in [3.63, 3.8) is 0 Å². The van der Waals surface area contributed by atoms with Crippen molar-refractivity contribution in [1.82, 2.24) is 4.90 Å². The Morgan fingerprint density at radius 1 is 1.07 bits per heavy atom. The maximum atomic E-state index is 12.2. The van der Waals surface area contributed by atoms with Gasteiger partial charge >= 0.3 is 29.6 Å². The number of aliphatic carboxylic acids is 1. The summed E-state index contributed by atoms with van der Waals surface area (Å²) < 4.78 is 0. The van der Waals surface area contributed by atoms with Gasteiger partial charge in [0.15, 0.2) is 0 Å². The molecule has 4 nitrogen and oxygen atoms in total. The fourth-order valence-electron chi connectivity index (χ4n) is 8.18. The Labute approximate surface area is 186 Å². The number of carboxylic acids is 1. The van der Waals surface area contributed by atoms with Crippen molar-refractivity contribution in [2.24, 2.45) is 40.4 Å². The third-order valence-corrected chi connectivity index (χ3v) is 9.61. The molecule has 1 saturated heterocycles. The standard InChI is InChI=1S/C22H35NO3.Na/c1-13(20(25)26)15-6-7-16-14-5-8-18-22(3,12-10-19(24)23(18)4)17(14)9-11-21(15,16)2;/h13-18H,5-12H2,1-4H3,(H,25,26);/q;+1/p-1/t13-,14?,15+,16?,17?,18+,21+,22+;/m0./s1. The third kappa shape index (κ3) is 3.04. The van der Waals surface area contributed by atoms with Gasteiger partial charge in [0.1, 0.15) is 0 Å². The Balaban J connectivity index is 0.00000210. The minimum absolute atomic E-state index is 0. The fourth-order valence-corrected chi connectivity index (χ4v) is 8.18. The number of piperidine rings is 1. The zero-order chi connectivity index (χ0) is 18.9. The summed E-state index contributed by atoms with van der Waals surface area (Å²) in [6.07, 6.45) is 8.60. The normalized spacial score (nSPS) is 47.3. The molecule has 1 amide bonds. The van der Waals surface area contributed by atoms with E-state index in [1.54, 1.807) is 0 Å². The molecule has 146 valence electrons. The second kappa shape index (κ2) is 7.32. The number of likely N-dealkylation sites (tertiary alicyclic amines) is 1. The van der Waals surface area contributed by atoms with Crippen LogP contribution in [0.2, 0.25) is 0 Å². The Hall–Kier alpha value is -0.0600. The van der Waals surface area contributed by atoms with Gasteiger partial charge in [0, 0.05) is 25.5 Å². The van der Waals surface area contributed by atoms with Crippen LogP contribution < -0.4 is 34.7 Å². The van der Waals surface area contributed by atoms with Crippen molar-refractivity contribution in [2.45, 2.75) is 78.2 Å². The van der Waals surface area contributed by atoms with Crippen LogP contribution in [-0.2, 0) is 9.59 Å². The van der Waals surface area contributed by atoms with Crippen LogP contribution in [0.25, 0.3) is 0 Å². The van der Waals surface area contributed by atoms with E-state index in [1.165, 1.54) is 19.3 Å². The van der Waals surface area contributed by atoms with E-state index in [-0.39, 0.29) is 52.2 Å². The van der Waals surface area contributed by atoms with Crippen molar-refractivity contribution in [2.75, 3.05) is 7.05 Å². The van der Waals surface area contributed by atoms with Gasteiger partial charge < -0.3 is 14.8 Å². The number of hydrogen-bond acceptors (Lipinski definition) is 3. The van der Waals surface area contributed by atoms with Gasteiger partial charge in [0.05, 0.1) is 0 Å². The number of nitrogens with zero attached hydrogens (tertiary/aromatic N) is 1. The number of carbonyl (C=O) groups excluding carboxylic acids is 2. The molecule has 0 radical (unpaired) electrons. The first-order chi connectivity index (χ1) is 12.2. The number of amides is 1. The van der Waals surface area contributed by atoms with E-state index in [0.717, 1.165) is 25.7 Å². The smallest absolute Gasteiger partial charge is 0.550 e. The molecule has 3 saturated carbocycles. The minimum atomic E-state index is -0.873. The van der Waals surface area contributed by atoms with Crippen LogP contribution >= 0.6 is 0 Å². The van der Waals surface area contributed by atoms with Crippen LogP contribution in [0.3, 0.4) is 0 Å². The third-order valence-electron chi connectivity index (χ3n) is 9.61. The van der Waals surface area contributed by atoms with E-state index < -0.39 is 5.97 Å². The zero-order valence-corrected chi connectivity index (χ0v) is 19.8. The molecular weight excluding hydrogens is 349 g/mol. The number of hydrogen-bond donors (Lipinski definition) is 0. The van der Waals surface area contributed by atoms with Crippen molar-refractivity contribution < 1.29 is 44.3 Å². The first kappa shape index (κ1) is 21.6. The summed E-state index contributed by atoms with van der Waals surface area (Å²) in [7, 11) is 2.00. The van der Waals surface area contributed by atoms with Gasteiger partial charge in [-0.25, -0.2) is 0 Å². The summed E-state index contributed by atoms with van der Waals surface area (Å²) >= 11 is 0. The Morgan fingerprint density at radius 2 is 1.74 bits per heavy atom. The minimum Gasteiger partial charge on any atom is -0.550 e. The molecule has 5 heteroatoms. The summed E-state index contributed by atoms with van der Waals surface area (Å²) in [6.45, 7) is 6.67. The van der Waals surface area contributed by atoms with E-state index in [4.69, 9.17) is 0 Å². The molecule has 0 aromatic carbocycles. The topological polar surface area (TPSA) is 60.4 Å². The molecule has 1 heterocycles. The molecule has 3 unspecified atom stereocenters. The summed E-state index contributed by atoms with van der Waals surface area (Å²) in [4.78, 5) is 25.8. The second-order valence-corrected chi connectivity index (χ2v) is 10.3. The Kier molecular flexibility index (Phi) is 5.87. The largest absolute Gasteiger partial charge is 1.00 e. The van der Waals surface area contributed by atoms with Crippen molar-refractivity contribution in [3.8, 4) is 0 Å². The first-order valence-electron chi connectivity index (χ1n) is 10.7. The summed E-state index contributed by atoms with van der Waals surface area (Å²) in [5, 5.41) is 11.5. The number of carboxylic acid groups (broad SMARTS) is 1. The van der Waals surface area contributed by atoms with Gasteiger partial charge in [-0.05, 0) is 85.4 Å². The van der Waals surface area contributed by atoms with Gasteiger partial charge in [-0.2, -0.15) is 0 Å². The monoisotopic (exact) mass is 383 g/mol. The van der Waals surface area contributed by atoms with Crippen LogP contribution in [0, 0.1) is 40.4 Å². The fraction of sp³-hybridized carbons (Fsp3) is 0.909. The van der Waals surface area contributed by atoms with E-state index in [9.17, 15) is 14.7 Å². The predicted molar refractivity (Wildman–Crippen MR) is 97.8 cm³/mol. The Bertz CT molecular complexity index is 625. The SMILES string of the molecule is C[C@H](C(=O)[O-])[C@H]1CCC2C3CC[C@H]4N(C)C(=O)CC[C@]4(C)C3CC[C@@]21C.[Na+]. The number of carbonyl (C=O) groups is 2. The van der Waals surface area contributed by atoms with E-state index in [1.807, 2.05) is 18.9 Å². The molecule has 0 aromatic heterocycles. The molecule has 4 rings (SSSR count). The van der Waals surface area contributed by atoms with Gasteiger partial charge in [-0.15, -0.1) is 0 Å². The van der Waals surface area contributed by atoms with Crippen LogP contribution in [0.15, 0.2) is 0 Å². The van der Waals surface area contributed by atoms with E-state index >= 15 is 0 Å². The van der Waals surface area contributed by atoms with Gasteiger partial charge in [0.25, 0.3) is 0 Å². The first-order valence-corrected chi connectivity index (χ1v) is 10.7. The molecular formula is C22H34NNaO3. The van der Waals surface area contributed by atoms with Crippen molar-refractivity contribution in [1.29, 1.82) is 0 Å². The van der Waals surface area contributed by atoms with Gasteiger partial charge in [0.2, 0.25) is 5.91 Å². The van der Waals surface area contributed by atoms with Gasteiger partial charge in [-0.3, -0.25) is 4.79 Å². The van der Waals surface area contributed by atoms with Crippen LogP contribution in [-0.4, -0.2) is 29.9 Å². The quantitative estimate of drug-likeness (QED) is 0.624. The predicted octanol–water partition coefficient (Wildman–Crippen LogP) is -0.144. The van der Waals surface area contributed by atoms with Crippen LogP contribution in [0.1, 0.15) is 72.1 Å². The zero-order valence-electron chi connectivity index (χ0n) is 17.8. The van der Waals surface area contributed by atoms with Crippen molar-refractivity contribution in [3.05, 3.63) is 0 Å². The molecule has 4 fully saturated rings. The van der Waals surface area contributed by atoms with Gasteiger partial charge in [-0.1, -0.05) is 20.8 Å². The summed E-state index contributed by atoms with van der Waals surface area (Å²) in [5.74, 6) is 1.40. The average Bonchev–Trinajstić information content (AvgIpc) is 2.95. The van der Waals surface area contributed by atoms with E-state index in [2.05, 4.69) is 13.8 Å². The molecule has 8 atom stereocenters. The molecule has 3 aliphatic carbocycles. The van der Waals surface area contributed by atoms with Crippen molar-refractivity contribution >= 4 is 11.9 Å². The van der Waals surface area contributed by atoms with Crippen LogP contribution in [0.5, 0.6) is 0 Å². The molecule has 0 bridgehead atoms. The van der Waals surface area contributed by atoms with E-state index in [0.29, 0.717) is 36.1 Å². The van der Waals surface area contributed by atoms with Crippen LogP contribution in [0.4, 0.5) is 0 Å². The second-order valence-electron chi connectivity index (χ2n) is 10.3. The molecule has 1 aliphatic heterocycles. The summed E-state index contributed by atoms with van der Waals surface area (Å²) in [6, 6.07) is 0.397. The molecule has 0 N–H and O–H groups in total. The number of fused-ring (bicyclic) bond motifs is 5. The Morgan fingerprint density at radius 3 is 2.41 bits per heavy atom. The number of rotatable bonds is 2. The maximum Gasteiger partial charge on any atom is 1.00 e. The molecule has 0 aromatic rings. The molecule has 0 spiro atoms. The molecule has 27 heavy (non-hydrogen) atoms. The molecule has 4 aliphatic rings.